The van der Waals surface area contributed by atoms with Crippen molar-refractivity contribution in [2.75, 3.05) is 0 Å². The van der Waals surface area contributed by atoms with Crippen molar-refractivity contribution >= 4 is 12.2 Å². The van der Waals surface area contributed by atoms with Gasteiger partial charge in [0, 0.05) is 11.6 Å². The number of hydrogen-bond donors (Lipinski definition) is 1. The first kappa shape index (κ1) is 13.3. The summed E-state index contributed by atoms with van der Waals surface area (Å²) >= 11 is 5.34. The van der Waals surface area contributed by atoms with E-state index in [2.05, 4.69) is 29.9 Å². The van der Waals surface area contributed by atoms with Crippen molar-refractivity contribution in [1.29, 1.82) is 0 Å². The molecule has 0 saturated heterocycles. The average molecular weight is 276 g/mol. The van der Waals surface area contributed by atoms with Crippen LogP contribution in [0.4, 0.5) is 0 Å². The molecule has 2 aliphatic rings. The summed E-state index contributed by atoms with van der Waals surface area (Å²) in [5, 5.41) is 0. The first-order valence-corrected chi connectivity index (χ1v) is 8.15. The van der Waals surface area contributed by atoms with Gasteiger partial charge in [0.15, 0.2) is 0 Å². The number of rotatable bonds is 3. The Hall–Kier alpha value is -0.700. The Morgan fingerprint density at radius 1 is 1.11 bits per heavy atom. The predicted molar refractivity (Wildman–Crippen MR) is 80.9 cm³/mol. The zero-order valence-corrected chi connectivity index (χ0v) is 12.8. The Bertz CT molecular complexity index is 494. The minimum Gasteiger partial charge on any atom is -0.347 e. The summed E-state index contributed by atoms with van der Waals surface area (Å²) < 4.78 is 0.779. The van der Waals surface area contributed by atoms with Crippen LogP contribution >= 0.6 is 12.2 Å². The van der Waals surface area contributed by atoms with Gasteiger partial charge in [0.25, 0.3) is 0 Å². The maximum atomic E-state index is 5.34. The fourth-order valence-electron chi connectivity index (χ4n) is 3.36. The van der Waals surface area contributed by atoms with Crippen molar-refractivity contribution < 1.29 is 0 Å². The Balaban J connectivity index is 1.74. The molecule has 0 spiro atoms. The molecule has 0 atom stereocenters. The SMILES string of the molecule is CC(C)C1CCC(c2nc(=S)cc(C3CC3)[nH]2)CC1. The summed E-state index contributed by atoms with van der Waals surface area (Å²) in [6, 6.07) is 2.07. The van der Waals surface area contributed by atoms with Gasteiger partial charge in [0.2, 0.25) is 0 Å². The van der Waals surface area contributed by atoms with Crippen molar-refractivity contribution in [1.82, 2.24) is 9.97 Å². The highest BCUT2D eigenvalue weighted by molar-refractivity contribution is 7.71. The molecule has 1 N–H and O–H groups in total. The number of hydrogen-bond acceptors (Lipinski definition) is 2. The van der Waals surface area contributed by atoms with Crippen LogP contribution in [0, 0.1) is 16.5 Å². The molecule has 2 nitrogen and oxygen atoms in total. The lowest BCUT2D eigenvalue weighted by Gasteiger charge is -2.30. The van der Waals surface area contributed by atoms with E-state index >= 15 is 0 Å². The third kappa shape index (κ3) is 3.07. The van der Waals surface area contributed by atoms with Crippen molar-refractivity contribution in [3.05, 3.63) is 22.2 Å². The second-order valence-electron chi connectivity index (χ2n) is 6.69. The number of nitrogens with one attached hydrogen (secondary N) is 1. The molecule has 0 aliphatic heterocycles. The topological polar surface area (TPSA) is 28.7 Å². The van der Waals surface area contributed by atoms with Crippen LogP contribution in [0.25, 0.3) is 0 Å². The van der Waals surface area contributed by atoms with Crippen LogP contribution in [0.5, 0.6) is 0 Å². The predicted octanol–water partition coefficient (Wildman–Crippen LogP) is 4.95. The number of aromatic amines is 1. The van der Waals surface area contributed by atoms with Gasteiger partial charge in [0.1, 0.15) is 10.5 Å². The van der Waals surface area contributed by atoms with Crippen LogP contribution in [0.1, 0.15) is 75.7 Å². The molecule has 1 aromatic heterocycles. The number of nitrogens with zero attached hydrogens (tertiary/aromatic N) is 1. The molecule has 19 heavy (non-hydrogen) atoms. The number of H-pyrrole nitrogens is 1. The summed E-state index contributed by atoms with van der Waals surface area (Å²) in [7, 11) is 0. The van der Waals surface area contributed by atoms with Crippen molar-refractivity contribution in [2.24, 2.45) is 11.8 Å². The van der Waals surface area contributed by atoms with Gasteiger partial charge in [-0.2, -0.15) is 0 Å². The lowest BCUT2D eigenvalue weighted by atomic mass is 9.76. The third-order valence-corrected chi connectivity index (χ3v) is 5.11. The molecular formula is C16H24N2S. The molecule has 2 aliphatic carbocycles. The second kappa shape index (κ2) is 5.35. The van der Waals surface area contributed by atoms with E-state index in [4.69, 9.17) is 12.2 Å². The summed E-state index contributed by atoms with van der Waals surface area (Å²) in [5.41, 5.74) is 1.33. The molecule has 0 radical (unpaired) electrons. The summed E-state index contributed by atoms with van der Waals surface area (Å²) in [6.07, 6.45) is 7.87. The van der Waals surface area contributed by atoms with E-state index in [1.165, 1.54) is 44.2 Å². The van der Waals surface area contributed by atoms with Gasteiger partial charge >= 0.3 is 0 Å². The molecule has 0 bridgehead atoms. The number of aromatic nitrogens is 2. The Morgan fingerprint density at radius 2 is 1.74 bits per heavy atom. The molecule has 1 aromatic rings. The fraction of sp³-hybridized carbons (Fsp3) is 0.750. The van der Waals surface area contributed by atoms with Gasteiger partial charge in [-0.05, 0) is 62.3 Å². The van der Waals surface area contributed by atoms with E-state index in [-0.39, 0.29) is 0 Å². The third-order valence-electron chi connectivity index (χ3n) is 4.90. The molecule has 1 heterocycles. The van der Waals surface area contributed by atoms with Crippen LogP contribution < -0.4 is 0 Å². The van der Waals surface area contributed by atoms with E-state index in [1.807, 2.05) is 0 Å². The van der Waals surface area contributed by atoms with Gasteiger partial charge in [-0.1, -0.05) is 26.1 Å². The fourth-order valence-corrected chi connectivity index (χ4v) is 3.59. The van der Waals surface area contributed by atoms with E-state index < -0.39 is 0 Å². The lowest BCUT2D eigenvalue weighted by molar-refractivity contribution is 0.254. The largest absolute Gasteiger partial charge is 0.347 e. The zero-order chi connectivity index (χ0) is 13.4. The van der Waals surface area contributed by atoms with Crippen molar-refractivity contribution in [3.8, 4) is 0 Å². The first-order chi connectivity index (χ1) is 9.13. The smallest absolute Gasteiger partial charge is 0.130 e. The van der Waals surface area contributed by atoms with Crippen molar-refractivity contribution in [2.45, 2.75) is 64.2 Å². The van der Waals surface area contributed by atoms with E-state index in [0.29, 0.717) is 5.92 Å². The molecule has 0 amide bonds. The quantitative estimate of drug-likeness (QED) is 0.792. The Kier molecular flexibility index (Phi) is 3.75. The maximum Gasteiger partial charge on any atom is 0.130 e. The van der Waals surface area contributed by atoms with E-state index in [0.717, 1.165) is 28.2 Å². The Morgan fingerprint density at radius 3 is 2.32 bits per heavy atom. The van der Waals surface area contributed by atoms with Gasteiger partial charge in [-0.3, -0.25) is 0 Å². The molecular weight excluding hydrogens is 252 g/mol. The normalized spacial score (nSPS) is 27.7. The van der Waals surface area contributed by atoms with Gasteiger partial charge in [0.05, 0.1) is 0 Å². The second-order valence-corrected chi connectivity index (χ2v) is 7.11. The zero-order valence-electron chi connectivity index (χ0n) is 12.0. The highest BCUT2D eigenvalue weighted by Crippen LogP contribution is 2.41. The minimum absolute atomic E-state index is 0.607. The first-order valence-electron chi connectivity index (χ1n) is 7.74. The van der Waals surface area contributed by atoms with Crippen LogP contribution in [0.15, 0.2) is 6.07 Å². The highest BCUT2D eigenvalue weighted by atomic mass is 32.1. The highest BCUT2D eigenvalue weighted by Gasteiger charge is 2.28. The summed E-state index contributed by atoms with van der Waals surface area (Å²) in [6.45, 7) is 4.70. The summed E-state index contributed by atoms with van der Waals surface area (Å²) in [4.78, 5) is 8.18. The van der Waals surface area contributed by atoms with Gasteiger partial charge < -0.3 is 4.98 Å². The standard InChI is InChI=1S/C16H24N2S/c1-10(2)11-3-7-13(8-4-11)16-17-14(12-5-6-12)9-15(19)18-16/h9-13H,3-8H2,1-2H3,(H,17,18,19). The van der Waals surface area contributed by atoms with Crippen LogP contribution in [-0.4, -0.2) is 9.97 Å². The van der Waals surface area contributed by atoms with Gasteiger partial charge in [-0.15, -0.1) is 0 Å². The average Bonchev–Trinajstić information content (AvgIpc) is 3.22. The molecule has 3 heteroatoms. The van der Waals surface area contributed by atoms with Crippen molar-refractivity contribution in [3.63, 3.8) is 0 Å². The molecule has 3 rings (SSSR count). The van der Waals surface area contributed by atoms with E-state index in [1.54, 1.807) is 0 Å². The minimum atomic E-state index is 0.607. The molecule has 0 aromatic carbocycles. The van der Waals surface area contributed by atoms with Crippen LogP contribution in [0.3, 0.4) is 0 Å². The van der Waals surface area contributed by atoms with E-state index in [9.17, 15) is 0 Å². The molecule has 2 saturated carbocycles. The van der Waals surface area contributed by atoms with Crippen LogP contribution in [0.2, 0.25) is 0 Å². The molecule has 2 fully saturated rings. The monoisotopic (exact) mass is 276 g/mol. The molecule has 0 unspecified atom stereocenters. The maximum absolute atomic E-state index is 5.34. The van der Waals surface area contributed by atoms with Crippen LogP contribution in [-0.2, 0) is 0 Å². The summed E-state index contributed by atoms with van der Waals surface area (Å²) in [5.74, 6) is 4.23. The van der Waals surface area contributed by atoms with Gasteiger partial charge in [-0.25, -0.2) is 4.98 Å². The Labute approximate surface area is 121 Å². The molecule has 104 valence electrons. The lowest BCUT2D eigenvalue weighted by Crippen LogP contribution is -2.19.